The fourth-order valence-corrected chi connectivity index (χ4v) is 5.01. The molecule has 10 nitrogen and oxygen atoms in total. The van der Waals surface area contributed by atoms with Gasteiger partial charge in [0.05, 0.1) is 17.3 Å². The van der Waals surface area contributed by atoms with Crippen molar-refractivity contribution in [1.82, 2.24) is 30.3 Å². The Balaban J connectivity index is 1.41. The number of anilines is 1. The van der Waals surface area contributed by atoms with Crippen LogP contribution >= 0.6 is 0 Å². The number of nitrogens with one attached hydrogen (secondary N) is 1. The lowest BCUT2D eigenvalue weighted by Crippen LogP contribution is -2.49. The van der Waals surface area contributed by atoms with Gasteiger partial charge in [-0.25, -0.2) is 19.2 Å². The van der Waals surface area contributed by atoms with Crippen LogP contribution in [0.4, 0.5) is 10.2 Å². The van der Waals surface area contributed by atoms with Gasteiger partial charge in [0, 0.05) is 36.5 Å². The molecule has 4 heterocycles. The van der Waals surface area contributed by atoms with E-state index in [1.807, 2.05) is 6.07 Å². The number of benzene rings is 2. The van der Waals surface area contributed by atoms with Gasteiger partial charge in [0.1, 0.15) is 17.2 Å². The van der Waals surface area contributed by atoms with Crippen LogP contribution in [0, 0.1) is 5.82 Å². The van der Waals surface area contributed by atoms with E-state index in [-0.39, 0.29) is 11.6 Å². The van der Waals surface area contributed by atoms with Crippen molar-refractivity contribution in [1.29, 1.82) is 0 Å². The number of carbonyl (C=O) groups excluding carboxylic acids is 1. The summed E-state index contributed by atoms with van der Waals surface area (Å²) in [6.07, 6.45) is 7.36. The number of piperidine rings is 1. The maximum absolute atomic E-state index is 15.6. The number of aromatic nitrogens is 5. The normalized spacial score (nSPS) is 15.6. The van der Waals surface area contributed by atoms with E-state index in [1.54, 1.807) is 53.7 Å². The number of carbonyl (C=O) groups is 2. The molecule has 1 fully saturated rings. The van der Waals surface area contributed by atoms with E-state index in [9.17, 15) is 9.59 Å². The van der Waals surface area contributed by atoms with Crippen LogP contribution in [0.3, 0.4) is 0 Å². The monoisotopic (exact) mass is 537 g/mol. The van der Waals surface area contributed by atoms with Gasteiger partial charge < -0.3 is 10.4 Å². The Morgan fingerprint density at radius 1 is 1.10 bits per heavy atom. The maximum atomic E-state index is 15.6. The van der Waals surface area contributed by atoms with Crippen LogP contribution in [0.15, 0.2) is 73.1 Å². The van der Waals surface area contributed by atoms with Gasteiger partial charge >= 0.3 is 5.97 Å². The average molecular weight is 538 g/mol. The zero-order chi connectivity index (χ0) is 27.6. The molecule has 1 saturated heterocycles. The third-order valence-electron chi connectivity index (χ3n) is 6.91. The molecule has 0 radical (unpaired) electrons. The zero-order valence-electron chi connectivity index (χ0n) is 21.2. The van der Waals surface area contributed by atoms with E-state index >= 15 is 4.39 Å². The van der Waals surface area contributed by atoms with Crippen molar-refractivity contribution in [2.45, 2.75) is 18.9 Å². The molecule has 2 aromatic carbocycles. The molecule has 1 amide bonds. The molecule has 0 unspecified atom stereocenters. The topological polar surface area (TPSA) is 126 Å². The third-order valence-corrected chi connectivity index (χ3v) is 6.91. The highest BCUT2D eigenvalue weighted by atomic mass is 19.1. The molecule has 1 aliphatic heterocycles. The minimum atomic E-state index is -1.04. The number of nitrogens with zero attached hydrogens (tertiary/aromatic N) is 6. The van der Waals surface area contributed by atoms with Gasteiger partial charge in [0.15, 0.2) is 5.65 Å². The Morgan fingerprint density at radius 2 is 2.00 bits per heavy atom. The quantitative estimate of drug-likeness (QED) is 0.311. The zero-order valence-corrected chi connectivity index (χ0v) is 21.2. The maximum Gasteiger partial charge on any atom is 0.328 e. The van der Waals surface area contributed by atoms with Crippen molar-refractivity contribution in [3.8, 4) is 5.69 Å². The van der Waals surface area contributed by atoms with E-state index in [0.717, 1.165) is 30.8 Å². The minimum Gasteiger partial charge on any atom is -0.478 e. The second-order valence-corrected chi connectivity index (χ2v) is 9.47. The summed E-state index contributed by atoms with van der Waals surface area (Å²) in [6.45, 7) is 1.38. The van der Waals surface area contributed by atoms with Crippen molar-refractivity contribution < 1.29 is 19.1 Å². The van der Waals surface area contributed by atoms with Crippen LogP contribution in [-0.4, -0.2) is 61.1 Å². The minimum absolute atomic E-state index is 0.0912. The highest BCUT2D eigenvalue weighted by Crippen LogP contribution is 2.31. The fraction of sp³-hybridized carbons (Fsp3) is 0.172. The second-order valence-electron chi connectivity index (χ2n) is 9.47. The van der Waals surface area contributed by atoms with Crippen molar-refractivity contribution in [3.63, 3.8) is 0 Å². The summed E-state index contributed by atoms with van der Waals surface area (Å²) in [7, 11) is 0. The lowest BCUT2D eigenvalue weighted by molar-refractivity contribution is -0.131. The number of pyridine rings is 2. The van der Waals surface area contributed by atoms with Crippen molar-refractivity contribution in [2.75, 3.05) is 18.0 Å². The van der Waals surface area contributed by atoms with Gasteiger partial charge in [-0.2, -0.15) is 4.68 Å². The van der Waals surface area contributed by atoms with Crippen LogP contribution in [-0.2, 0) is 4.79 Å². The Hall–Kier alpha value is -5.03. The highest BCUT2D eigenvalue weighted by molar-refractivity contribution is 6.10. The first-order valence-corrected chi connectivity index (χ1v) is 12.8. The van der Waals surface area contributed by atoms with Crippen molar-refractivity contribution in [3.05, 3.63) is 90.0 Å². The van der Waals surface area contributed by atoms with Crippen molar-refractivity contribution in [2.24, 2.45) is 0 Å². The van der Waals surface area contributed by atoms with E-state index in [0.29, 0.717) is 40.2 Å². The summed E-state index contributed by atoms with van der Waals surface area (Å²) in [5.74, 6) is -1.83. The Bertz CT molecular complexity index is 1780. The largest absolute Gasteiger partial charge is 0.478 e. The molecule has 0 aliphatic carbocycles. The van der Waals surface area contributed by atoms with E-state index in [4.69, 9.17) is 5.11 Å². The molecule has 0 saturated carbocycles. The van der Waals surface area contributed by atoms with Crippen molar-refractivity contribution >= 4 is 45.7 Å². The number of carboxylic acid groups (broad SMARTS) is 1. The standard InChI is InChI=1S/C29H24FN7O3/c30-24-16-20(37-28-25(34-35-37)4-2-13-32-28)7-9-23(24)29(40)36(21-3-1-12-31-17-21)27-22-8-5-18(6-10-26(38)39)15-19(22)11-14-33-27/h2,4-11,13-16,21,31H,1,3,12,17H2,(H,38,39)/b10-6+/t21-/m1/s1. The number of rotatable bonds is 6. The predicted octanol–water partition coefficient (Wildman–Crippen LogP) is 4.00. The first-order valence-electron chi connectivity index (χ1n) is 12.8. The summed E-state index contributed by atoms with van der Waals surface area (Å²) < 4.78 is 17.1. The summed E-state index contributed by atoms with van der Waals surface area (Å²) in [6, 6.07) is 14.8. The van der Waals surface area contributed by atoms with Crippen LogP contribution in [0.5, 0.6) is 0 Å². The molecule has 1 atom stereocenters. The molecular formula is C29H24FN7O3. The molecule has 2 N–H and O–H groups in total. The van der Waals surface area contributed by atoms with Gasteiger partial charge in [-0.3, -0.25) is 9.69 Å². The van der Waals surface area contributed by atoms with E-state index in [1.165, 1.54) is 22.9 Å². The van der Waals surface area contributed by atoms with Gasteiger partial charge in [0.2, 0.25) is 0 Å². The first-order chi connectivity index (χ1) is 19.5. The second kappa shape index (κ2) is 10.6. The SMILES string of the molecule is O=C(O)/C=C/c1ccc2c(N(C(=O)c3ccc(-n4nnc5cccnc54)cc3F)[C@@H]3CCCNC3)nccc2c1. The van der Waals surface area contributed by atoms with Crippen LogP contribution in [0.2, 0.25) is 0 Å². The van der Waals surface area contributed by atoms with Crippen LogP contribution < -0.4 is 10.2 Å². The number of fused-ring (bicyclic) bond motifs is 2. The van der Waals surface area contributed by atoms with Gasteiger partial charge in [0.25, 0.3) is 5.91 Å². The Labute approximate surface area is 227 Å². The number of aliphatic carboxylic acids is 1. The summed E-state index contributed by atoms with van der Waals surface area (Å²) in [5.41, 5.74) is 2.05. The van der Waals surface area contributed by atoms with Crippen LogP contribution in [0.1, 0.15) is 28.8 Å². The lowest BCUT2D eigenvalue weighted by atomic mass is 10.0. The Kier molecular flexibility index (Phi) is 6.71. The number of carboxylic acids is 1. The number of hydrogen-bond acceptors (Lipinski definition) is 7. The molecule has 5 aromatic rings. The number of amides is 1. The number of hydrogen-bond donors (Lipinski definition) is 2. The Morgan fingerprint density at radius 3 is 2.80 bits per heavy atom. The molecule has 40 heavy (non-hydrogen) atoms. The van der Waals surface area contributed by atoms with E-state index < -0.39 is 17.7 Å². The summed E-state index contributed by atoms with van der Waals surface area (Å²) in [4.78, 5) is 35.4. The fourth-order valence-electron chi connectivity index (χ4n) is 5.01. The van der Waals surface area contributed by atoms with Gasteiger partial charge in [-0.05, 0) is 72.8 Å². The predicted molar refractivity (Wildman–Crippen MR) is 148 cm³/mol. The summed E-state index contributed by atoms with van der Waals surface area (Å²) in [5, 5.41) is 21.9. The summed E-state index contributed by atoms with van der Waals surface area (Å²) >= 11 is 0. The highest BCUT2D eigenvalue weighted by Gasteiger charge is 2.31. The molecule has 11 heteroatoms. The molecule has 200 valence electrons. The molecule has 3 aromatic heterocycles. The molecule has 6 rings (SSSR count). The van der Waals surface area contributed by atoms with Crippen LogP contribution in [0.25, 0.3) is 33.7 Å². The van der Waals surface area contributed by atoms with E-state index in [2.05, 4.69) is 25.6 Å². The first kappa shape index (κ1) is 25.3. The molecular weight excluding hydrogens is 513 g/mol. The van der Waals surface area contributed by atoms with Gasteiger partial charge in [-0.1, -0.05) is 17.3 Å². The lowest BCUT2D eigenvalue weighted by Gasteiger charge is -2.34. The molecule has 0 bridgehead atoms. The van der Waals surface area contributed by atoms with Gasteiger partial charge in [-0.15, -0.1) is 5.10 Å². The third kappa shape index (κ3) is 4.78. The molecule has 0 spiro atoms. The average Bonchev–Trinajstić information content (AvgIpc) is 3.41. The number of halogens is 1. The smallest absolute Gasteiger partial charge is 0.328 e. The molecule has 1 aliphatic rings.